The van der Waals surface area contributed by atoms with Gasteiger partial charge in [-0.1, -0.05) is 26.8 Å². The second-order valence-corrected chi connectivity index (χ2v) is 10.4. The van der Waals surface area contributed by atoms with E-state index in [1.807, 2.05) is 20.8 Å². The summed E-state index contributed by atoms with van der Waals surface area (Å²) < 4.78 is 25.6. The van der Waals surface area contributed by atoms with Gasteiger partial charge < -0.3 is 34.1 Å². The largest absolute Gasteiger partial charge is 0.514 e. The van der Waals surface area contributed by atoms with Crippen molar-refractivity contribution in [3.8, 4) is 11.5 Å². The molecule has 0 aliphatic carbocycles. The normalized spacial score (nSPS) is 13.0. The Balaban J connectivity index is 2.98. The van der Waals surface area contributed by atoms with Crippen molar-refractivity contribution in [2.45, 2.75) is 92.6 Å². The molecule has 0 bridgehead atoms. The van der Waals surface area contributed by atoms with Crippen LogP contribution in [0.5, 0.6) is 11.5 Å². The Kier molecular flexibility index (Phi) is 12.3. The van der Waals surface area contributed by atoms with Crippen LogP contribution >= 0.6 is 0 Å². The summed E-state index contributed by atoms with van der Waals surface area (Å²) in [5.41, 5.74) is 0.241. The standard InChI is InChI=1S/C26H39NO10/c1-15(2)33-24(31)36-20-10-9-18(12-21(20)37-25(32)34-16(3)4)11-19(23(29)30)27-14-17(5)35-22(28)13-26(6,7)8/h9-10,12,15-17,19,27H,11,13-14H2,1-8H3,(H,29,30)/t17?,19-/m0/s1. The van der Waals surface area contributed by atoms with Crippen LogP contribution in [0.25, 0.3) is 0 Å². The minimum atomic E-state index is -1.13. The number of carboxylic acids is 1. The summed E-state index contributed by atoms with van der Waals surface area (Å²) in [6.07, 6.45) is -3.22. The Morgan fingerprint density at radius 2 is 1.41 bits per heavy atom. The lowest BCUT2D eigenvalue weighted by Crippen LogP contribution is -2.42. The molecule has 0 amide bonds. The van der Waals surface area contributed by atoms with E-state index >= 15 is 0 Å². The zero-order valence-electron chi connectivity index (χ0n) is 22.8. The van der Waals surface area contributed by atoms with E-state index < -0.39 is 42.6 Å². The van der Waals surface area contributed by atoms with Gasteiger partial charge in [-0.25, -0.2) is 9.59 Å². The zero-order valence-corrected chi connectivity index (χ0v) is 22.8. The SMILES string of the molecule is CC(C)OC(=O)Oc1ccc(C[C@H](NCC(C)OC(=O)CC(C)(C)C)C(=O)O)cc1OC(=O)OC(C)C. The Labute approximate surface area is 217 Å². The Hall–Kier alpha value is -3.34. The van der Waals surface area contributed by atoms with Gasteiger partial charge in [0.2, 0.25) is 0 Å². The van der Waals surface area contributed by atoms with Crippen LogP contribution in [-0.4, -0.2) is 60.3 Å². The first kappa shape index (κ1) is 31.7. The lowest BCUT2D eigenvalue weighted by Gasteiger charge is -2.21. The van der Waals surface area contributed by atoms with Crippen LogP contribution in [0.1, 0.15) is 67.4 Å². The predicted molar refractivity (Wildman–Crippen MR) is 134 cm³/mol. The molecule has 0 aliphatic rings. The van der Waals surface area contributed by atoms with Gasteiger partial charge in [-0.05, 0) is 64.2 Å². The number of aliphatic carboxylic acids is 1. The third-order valence-electron chi connectivity index (χ3n) is 4.46. The van der Waals surface area contributed by atoms with Crippen LogP contribution < -0.4 is 14.8 Å². The molecule has 0 saturated carbocycles. The molecule has 1 unspecified atom stereocenters. The van der Waals surface area contributed by atoms with Crippen LogP contribution in [0.4, 0.5) is 9.59 Å². The van der Waals surface area contributed by atoms with E-state index in [4.69, 9.17) is 23.7 Å². The molecule has 0 aliphatic heterocycles. The van der Waals surface area contributed by atoms with Gasteiger partial charge in [0.1, 0.15) is 12.1 Å². The van der Waals surface area contributed by atoms with Crippen molar-refractivity contribution >= 4 is 24.2 Å². The number of carboxylic acid groups (broad SMARTS) is 1. The topological polar surface area (TPSA) is 147 Å². The molecular formula is C26H39NO10. The maximum absolute atomic E-state index is 12.1. The van der Waals surface area contributed by atoms with Crippen molar-refractivity contribution in [1.82, 2.24) is 5.32 Å². The first-order chi connectivity index (χ1) is 17.1. The fraction of sp³-hybridized carbons (Fsp3) is 0.615. The number of esters is 1. The van der Waals surface area contributed by atoms with Gasteiger partial charge in [-0.2, -0.15) is 0 Å². The molecule has 1 aromatic carbocycles. The summed E-state index contributed by atoms with van der Waals surface area (Å²) >= 11 is 0. The second-order valence-electron chi connectivity index (χ2n) is 10.4. The molecule has 208 valence electrons. The summed E-state index contributed by atoms with van der Waals surface area (Å²) in [5.74, 6) is -1.74. The van der Waals surface area contributed by atoms with E-state index in [0.29, 0.717) is 5.56 Å². The van der Waals surface area contributed by atoms with Gasteiger partial charge in [-0.15, -0.1) is 0 Å². The second kappa shape index (κ2) is 14.4. The first-order valence-electron chi connectivity index (χ1n) is 12.1. The highest BCUT2D eigenvalue weighted by molar-refractivity contribution is 5.74. The van der Waals surface area contributed by atoms with Crippen LogP contribution in [0.3, 0.4) is 0 Å². The molecule has 37 heavy (non-hydrogen) atoms. The van der Waals surface area contributed by atoms with Gasteiger partial charge in [0, 0.05) is 6.54 Å². The highest BCUT2D eigenvalue weighted by Crippen LogP contribution is 2.30. The van der Waals surface area contributed by atoms with Crippen molar-refractivity contribution in [2.24, 2.45) is 5.41 Å². The average molecular weight is 526 g/mol. The third kappa shape index (κ3) is 13.5. The van der Waals surface area contributed by atoms with Crippen LogP contribution in [-0.2, 0) is 30.2 Å². The number of benzene rings is 1. The molecule has 0 heterocycles. The van der Waals surface area contributed by atoms with Gasteiger partial charge in [-0.3, -0.25) is 9.59 Å². The summed E-state index contributed by atoms with van der Waals surface area (Å²) in [7, 11) is 0. The van der Waals surface area contributed by atoms with Gasteiger partial charge in [0.25, 0.3) is 0 Å². The van der Waals surface area contributed by atoms with E-state index in [1.165, 1.54) is 18.2 Å². The van der Waals surface area contributed by atoms with Crippen molar-refractivity contribution in [3.05, 3.63) is 23.8 Å². The van der Waals surface area contributed by atoms with E-state index in [1.54, 1.807) is 34.6 Å². The average Bonchev–Trinajstić information content (AvgIpc) is 2.69. The van der Waals surface area contributed by atoms with Gasteiger partial charge in [0.15, 0.2) is 11.5 Å². The fourth-order valence-corrected chi connectivity index (χ4v) is 2.99. The fourth-order valence-electron chi connectivity index (χ4n) is 2.99. The molecular weight excluding hydrogens is 486 g/mol. The monoisotopic (exact) mass is 525 g/mol. The minimum Gasteiger partial charge on any atom is -0.480 e. The van der Waals surface area contributed by atoms with E-state index in [-0.39, 0.29) is 42.3 Å². The number of rotatable bonds is 12. The minimum absolute atomic E-state index is 0.00962. The number of ether oxygens (including phenoxy) is 5. The summed E-state index contributed by atoms with van der Waals surface area (Å²) in [6, 6.07) is 3.23. The molecule has 11 nitrogen and oxygen atoms in total. The van der Waals surface area contributed by atoms with Gasteiger partial charge >= 0.3 is 24.2 Å². The molecule has 0 saturated heterocycles. The lowest BCUT2D eigenvalue weighted by molar-refractivity contribution is -0.150. The molecule has 2 N–H and O–H groups in total. The summed E-state index contributed by atoms with van der Waals surface area (Å²) in [5, 5.41) is 12.6. The van der Waals surface area contributed by atoms with Crippen molar-refractivity contribution < 1.29 is 48.0 Å². The van der Waals surface area contributed by atoms with Crippen molar-refractivity contribution in [3.63, 3.8) is 0 Å². The number of hydrogen-bond donors (Lipinski definition) is 2. The molecule has 1 aromatic rings. The predicted octanol–water partition coefficient (Wildman–Crippen LogP) is 4.49. The van der Waals surface area contributed by atoms with E-state index in [0.717, 1.165) is 0 Å². The number of carbonyl (C=O) groups is 4. The number of hydrogen-bond acceptors (Lipinski definition) is 10. The maximum Gasteiger partial charge on any atom is 0.514 e. The van der Waals surface area contributed by atoms with Crippen molar-refractivity contribution in [1.29, 1.82) is 0 Å². The van der Waals surface area contributed by atoms with Crippen LogP contribution in [0.15, 0.2) is 18.2 Å². The number of nitrogens with one attached hydrogen (secondary N) is 1. The summed E-state index contributed by atoms with van der Waals surface area (Å²) in [4.78, 5) is 47.9. The third-order valence-corrected chi connectivity index (χ3v) is 4.46. The molecule has 0 aromatic heterocycles. The molecule has 2 atom stereocenters. The summed E-state index contributed by atoms with van der Waals surface area (Å²) in [6.45, 7) is 14.1. The van der Waals surface area contributed by atoms with Crippen LogP contribution in [0.2, 0.25) is 0 Å². The highest BCUT2D eigenvalue weighted by atomic mass is 16.7. The maximum atomic E-state index is 12.1. The first-order valence-corrected chi connectivity index (χ1v) is 12.1. The Bertz CT molecular complexity index is 936. The number of carbonyl (C=O) groups excluding carboxylic acids is 3. The highest BCUT2D eigenvalue weighted by Gasteiger charge is 2.23. The van der Waals surface area contributed by atoms with E-state index in [9.17, 15) is 24.3 Å². The molecule has 0 spiro atoms. The molecule has 1 rings (SSSR count). The smallest absolute Gasteiger partial charge is 0.480 e. The molecule has 0 fully saturated rings. The van der Waals surface area contributed by atoms with Crippen molar-refractivity contribution in [2.75, 3.05) is 6.54 Å². The van der Waals surface area contributed by atoms with E-state index in [2.05, 4.69) is 5.32 Å². The molecule has 11 heteroatoms. The van der Waals surface area contributed by atoms with Gasteiger partial charge in [0.05, 0.1) is 18.6 Å². The lowest BCUT2D eigenvalue weighted by atomic mass is 9.92. The molecule has 0 radical (unpaired) electrons. The Morgan fingerprint density at radius 1 is 0.865 bits per heavy atom. The zero-order chi connectivity index (χ0) is 28.3. The Morgan fingerprint density at radius 3 is 1.89 bits per heavy atom. The quantitative estimate of drug-likeness (QED) is 0.226. The van der Waals surface area contributed by atoms with Crippen LogP contribution in [0, 0.1) is 5.41 Å².